The lowest BCUT2D eigenvalue weighted by molar-refractivity contribution is 0.573. The zero-order valence-electron chi connectivity index (χ0n) is 12.7. The van der Waals surface area contributed by atoms with E-state index in [9.17, 15) is 0 Å². The quantitative estimate of drug-likeness (QED) is 0.942. The zero-order chi connectivity index (χ0) is 14.8. The maximum atomic E-state index is 6.21. The molecule has 2 aromatic heterocycles. The van der Waals surface area contributed by atoms with Crippen LogP contribution in [0.25, 0.3) is 0 Å². The summed E-state index contributed by atoms with van der Waals surface area (Å²) in [7, 11) is 0. The van der Waals surface area contributed by atoms with E-state index < -0.39 is 0 Å². The molecule has 0 saturated heterocycles. The number of thiazole rings is 1. The lowest BCUT2D eigenvalue weighted by Gasteiger charge is -2.19. The van der Waals surface area contributed by atoms with Gasteiger partial charge in [0.05, 0.1) is 17.9 Å². The highest BCUT2D eigenvalue weighted by Crippen LogP contribution is 2.36. The van der Waals surface area contributed by atoms with E-state index in [1.807, 2.05) is 13.0 Å². The lowest BCUT2D eigenvalue weighted by atomic mass is 9.99. The van der Waals surface area contributed by atoms with Crippen molar-refractivity contribution in [3.63, 3.8) is 0 Å². The van der Waals surface area contributed by atoms with Crippen molar-refractivity contribution in [2.24, 2.45) is 5.73 Å². The van der Waals surface area contributed by atoms with Gasteiger partial charge in [-0.1, -0.05) is 17.4 Å². The molecule has 4 nitrogen and oxygen atoms in total. The molecule has 3 rings (SSSR count). The van der Waals surface area contributed by atoms with E-state index in [4.69, 9.17) is 10.7 Å². The Hall–Kier alpha value is -1.46. The highest BCUT2D eigenvalue weighted by molar-refractivity contribution is 7.15. The van der Waals surface area contributed by atoms with Gasteiger partial charge in [-0.05, 0) is 45.2 Å². The van der Waals surface area contributed by atoms with E-state index in [0.717, 1.165) is 48.9 Å². The van der Waals surface area contributed by atoms with Crippen LogP contribution in [-0.4, -0.2) is 16.5 Å². The van der Waals surface area contributed by atoms with Crippen LogP contribution in [0.2, 0.25) is 0 Å². The number of aryl methyl sites for hydroxylation is 2. The molecule has 1 unspecified atom stereocenters. The monoisotopic (exact) mass is 302 g/mol. The van der Waals surface area contributed by atoms with Crippen LogP contribution in [0.1, 0.15) is 47.8 Å². The van der Waals surface area contributed by atoms with E-state index in [1.54, 1.807) is 11.3 Å². The van der Waals surface area contributed by atoms with E-state index in [-0.39, 0.29) is 6.04 Å². The van der Waals surface area contributed by atoms with Crippen molar-refractivity contribution in [3.8, 4) is 0 Å². The second kappa shape index (κ2) is 6.12. The fourth-order valence-electron chi connectivity index (χ4n) is 2.77. The van der Waals surface area contributed by atoms with Gasteiger partial charge in [-0.15, -0.1) is 0 Å². The number of nitrogens with zero attached hydrogens (tertiary/aromatic N) is 3. The normalized spacial score (nSPS) is 17.6. The topological polar surface area (TPSA) is 55.0 Å². The molecule has 112 valence electrons. The fourth-order valence-corrected chi connectivity index (χ4v) is 3.98. The molecule has 1 aliphatic carbocycles. The van der Waals surface area contributed by atoms with Gasteiger partial charge in [0.25, 0.3) is 0 Å². The summed E-state index contributed by atoms with van der Waals surface area (Å²) in [4.78, 5) is 13.0. The molecule has 1 atom stereocenters. The van der Waals surface area contributed by atoms with E-state index in [1.165, 1.54) is 10.6 Å². The highest BCUT2D eigenvalue weighted by Gasteiger charge is 2.23. The maximum Gasteiger partial charge on any atom is 0.186 e. The second-order valence-corrected chi connectivity index (χ2v) is 6.60. The third-order valence-electron chi connectivity index (χ3n) is 3.93. The molecular weight excluding hydrogens is 280 g/mol. The molecule has 0 radical (unpaired) electrons. The van der Waals surface area contributed by atoms with E-state index in [0.29, 0.717) is 0 Å². The van der Waals surface area contributed by atoms with Crippen molar-refractivity contribution in [1.29, 1.82) is 0 Å². The Morgan fingerprint density at radius 3 is 2.95 bits per heavy atom. The lowest BCUT2D eigenvalue weighted by Crippen LogP contribution is -2.22. The zero-order valence-corrected chi connectivity index (χ0v) is 13.5. The number of rotatable bonds is 4. The summed E-state index contributed by atoms with van der Waals surface area (Å²) >= 11 is 1.76. The Kier molecular flexibility index (Phi) is 4.22. The summed E-state index contributed by atoms with van der Waals surface area (Å²) in [5.41, 5.74) is 9.58. The van der Waals surface area contributed by atoms with Crippen LogP contribution in [0.15, 0.2) is 18.2 Å². The first-order chi connectivity index (χ1) is 10.2. The molecule has 2 N–H and O–H groups in total. The van der Waals surface area contributed by atoms with Crippen molar-refractivity contribution in [2.75, 3.05) is 11.4 Å². The van der Waals surface area contributed by atoms with Gasteiger partial charge in [0, 0.05) is 23.2 Å². The van der Waals surface area contributed by atoms with Crippen molar-refractivity contribution >= 4 is 16.5 Å². The predicted octanol–water partition coefficient (Wildman–Crippen LogP) is 3.21. The molecule has 5 heteroatoms. The largest absolute Gasteiger partial charge is 0.342 e. The summed E-state index contributed by atoms with van der Waals surface area (Å²) in [6, 6.07) is 6.35. The summed E-state index contributed by atoms with van der Waals surface area (Å²) in [5.74, 6) is 0. The van der Waals surface area contributed by atoms with Crippen molar-refractivity contribution in [1.82, 2.24) is 9.97 Å². The Bertz CT molecular complexity index is 622. The number of anilines is 1. The SMILES string of the molecule is CCN(Cc1cccc(C)n1)c1nc2c(s1)C(N)CCC2. The predicted molar refractivity (Wildman–Crippen MR) is 87.7 cm³/mol. The standard InChI is InChI=1S/C16H22N4S/c1-3-20(10-12-7-4-6-11(2)18-12)16-19-14-9-5-8-13(17)15(14)21-16/h4,6-7,13H,3,5,8-10,17H2,1-2H3. The van der Waals surface area contributed by atoms with Crippen LogP contribution in [0.5, 0.6) is 0 Å². The van der Waals surface area contributed by atoms with Gasteiger partial charge in [-0.2, -0.15) is 0 Å². The van der Waals surface area contributed by atoms with Crippen LogP contribution < -0.4 is 10.6 Å². The van der Waals surface area contributed by atoms with Crippen molar-refractivity contribution < 1.29 is 0 Å². The molecule has 0 aliphatic heterocycles. The van der Waals surface area contributed by atoms with Crippen LogP contribution in [-0.2, 0) is 13.0 Å². The molecule has 0 fully saturated rings. The third kappa shape index (κ3) is 3.09. The first-order valence-corrected chi connectivity index (χ1v) is 8.41. The van der Waals surface area contributed by atoms with Gasteiger partial charge >= 0.3 is 0 Å². The van der Waals surface area contributed by atoms with Crippen LogP contribution >= 0.6 is 11.3 Å². The molecule has 0 saturated carbocycles. The molecule has 21 heavy (non-hydrogen) atoms. The molecule has 0 spiro atoms. The summed E-state index contributed by atoms with van der Waals surface area (Å²) in [5, 5.41) is 1.09. The van der Waals surface area contributed by atoms with E-state index in [2.05, 4.69) is 28.9 Å². The molecular formula is C16H22N4S. The number of hydrogen-bond donors (Lipinski definition) is 1. The average Bonchev–Trinajstić information content (AvgIpc) is 2.90. The minimum Gasteiger partial charge on any atom is -0.342 e. The first-order valence-electron chi connectivity index (χ1n) is 7.60. The Morgan fingerprint density at radius 2 is 2.24 bits per heavy atom. The molecule has 0 bridgehead atoms. The first kappa shape index (κ1) is 14.5. The number of pyridine rings is 1. The summed E-state index contributed by atoms with van der Waals surface area (Å²) in [6.45, 7) is 5.92. The third-order valence-corrected chi connectivity index (χ3v) is 5.22. The van der Waals surface area contributed by atoms with Gasteiger partial charge in [-0.25, -0.2) is 4.98 Å². The maximum absolute atomic E-state index is 6.21. The minimum absolute atomic E-state index is 0.177. The smallest absolute Gasteiger partial charge is 0.186 e. The molecule has 2 aromatic rings. The van der Waals surface area contributed by atoms with Crippen molar-refractivity contribution in [2.45, 2.75) is 45.7 Å². The van der Waals surface area contributed by atoms with E-state index >= 15 is 0 Å². The van der Waals surface area contributed by atoms with Gasteiger partial charge < -0.3 is 10.6 Å². The minimum atomic E-state index is 0.177. The average molecular weight is 302 g/mol. The van der Waals surface area contributed by atoms with Gasteiger partial charge in [0.1, 0.15) is 0 Å². The van der Waals surface area contributed by atoms with Crippen LogP contribution in [0.4, 0.5) is 5.13 Å². The number of fused-ring (bicyclic) bond motifs is 1. The van der Waals surface area contributed by atoms with Gasteiger partial charge in [0.2, 0.25) is 0 Å². The molecule has 0 amide bonds. The molecule has 2 heterocycles. The highest BCUT2D eigenvalue weighted by atomic mass is 32.1. The molecule has 0 aromatic carbocycles. The molecule has 1 aliphatic rings. The number of aromatic nitrogens is 2. The Labute approximate surface area is 130 Å². The summed E-state index contributed by atoms with van der Waals surface area (Å²) < 4.78 is 0. The van der Waals surface area contributed by atoms with Gasteiger partial charge in [-0.3, -0.25) is 4.98 Å². The number of hydrogen-bond acceptors (Lipinski definition) is 5. The fraction of sp³-hybridized carbons (Fsp3) is 0.500. The Balaban J connectivity index is 1.83. The van der Waals surface area contributed by atoms with Crippen LogP contribution in [0.3, 0.4) is 0 Å². The second-order valence-electron chi connectivity index (χ2n) is 5.59. The summed E-state index contributed by atoms with van der Waals surface area (Å²) in [6.07, 6.45) is 3.31. The number of nitrogens with two attached hydrogens (primary N) is 1. The Morgan fingerprint density at radius 1 is 1.38 bits per heavy atom. The van der Waals surface area contributed by atoms with Crippen LogP contribution in [0, 0.1) is 6.92 Å². The van der Waals surface area contributed by atoms with Crippen molar-refractivity contribution in [3.05, 3.63) is 40.2 Å². The van der Waals surface area contributed by atoms with Gasteiger partial charge in [0.15, 0.2) is 5.13 Å².